The van der Waals surface area contributed by atoms with Crippen LogP contribution in [0, 0.1) is 0 Å². The number of amides is 1. The first kappa shape index (κ1) is 17.8. The van der Waals surface area contributed by atoms with Crippen molar-refractivity contribution in [3.8, 4) is 11.3 Å². The van der Waals surface area contributed by atoms with Crippen LogP contribution < -0.4 is 5.32 Å². The number of hydrogen-bond donors (Lipinski definition) is 1. The second kappa shape index (κ2) is 8.35. The molecule has 7 heteroatoms. The Kier molecular flexibility index (Phi) is 5.70. The smallest absolute Gasteiger partial charge is 0.340 e. The third-order valence-electron chi connectivity index (χ3n) is 3.61. The van der Waals surface area contributed by atoms with Gasteiger partial charge in [-0.2, -0.15) is 0 Å². The minimum Gasteiger partial charge on any atom is -0.449 e. The maximum absolute atomic E-state index is 12.4. The van der Waals surface area contributed by atoms with E-state index in [1.807, 2.05) is 35.7 Å². The van der Waals surface area contributed by atoms with E-state index < -0.39 is 18.0 Å². The first-order chi connectivity index (χ1) is 12.7. The molecule has 0 saturated heterocycles. The normalized spacial score (nSPS) is 11.6. The Balaban J connectivity index is 1.64. The summed E-state index contributed by atoms with van der Waals surface area (Å²) in [5.41, 5.74) is 2.06. The van der Waals surface area contributed by atoms with Crippen molar-refractivity contribution in [2.75, 3.05) is 5.32 Å². The maximum Gasteiger partial charge on any atom is 0.340 e. The number of hydrogen-bond acceptors (Lipinski definition) is 6. The standard InChI is InChI=1S/C19H17N3O3S/c1-2-16(25-18(24)14-9-6-10-20-11-14)17(23)22-19-21-15(12-26-19)13-7-4-3-5-8-13/h3-12,16H,2H2,1H3,(H,21,22,23). The van der Waals surface area contributed by atoms with Crippen molar-refractivity contribution < 1.29 is 14.3 Å². The Morgan fingerprint density at radius 1 is 1.19 bits per heavy atom. The van der Waals surface area contributed by atoms with Gasteiger partial charge in [-0.3, -0.25) is 15.1 Å². The Morgan fingerprint density at radius 3 is 2.69 bits per heavy atom. The van der Waals surface area contributed by atoms with Gasteiger partial charge in [-0.05, 0) is 18.6 Å². The lowest BCUT2D eigenvalue weighted by molar-refractivity contribution is -0.124. The van der Waals surface area contributed by atoms with Crippen LogP contribution in [0.3, 0.4) is 0 Å². The van der Waals surface area contributed by atoms with E-state index in [0.717, 1.165) is 11.3 Å². The molecule has 1 atom stereocenters. The molecular formula is C19H17N3O3S. The predicted molar refractivity (Wildman–Crippen MR) is 99.9 cm³/mol. The first-order valence-corrected chi connectivity index (χ1v) is 8.98. The van der Waals surface area contributed by atoms with E-state index in [1.54, 1.807) is 25.3 Å². The monoisotopic (exact) mass is 367 g/mol. The van der Waals surface area contributed by atoms with Gasteiger partial charge in [0.05, 0.1) is 11.3 Å². The number of rotatable bonds is 6. The fraction of sp³-hybridized carbons (Fsp3) is 0.158. The van der Waals surface area contributed by atoms with Gasteiger partial charge in [-0.1, -0.05) is 37.3 Å². The third kappa shape index (κ3) is 4.31. The molecule has 0 aliphatic heterocycles. The van der Waals surface area contributed by atoms with E-state index in [1.165, 1.54) is 17.5 Å². The van der Waals surface area contributed by atoms with Crippen LogP contribution in [-0.4, -0.2) is 27.9 Å². The van der Waals surface area contributed by atoms with Crippen molar-refractivity contribution in [3.05, 3.63) is 65.8 Å². The van der Waals surface area contributed by atoms with Crippen LogP contribution in [0.1, 0.15) is 23.7 Å². The van der Waals surface area contributed by atoms with Crippen molar-refractivity contribution in [2.24, 2.45) is 0 Å². The Hall–Kier alpha value is -3.06. The van der Waals surface area contributed by atoms with Crippen molar-refractivity contribution in [2.45, 2.75) is 19.4 Å². The van der Waals surface area contributed by atoms with Gasteiger partial charge < -0.3 is 4.74 Å². The third-order valence-corrected chi connectivity index (χ3v) is 4.37. The Labute approximate surface area is 154 Å². The van der Waals surface area contributed by atoms with Gasteiger partial charge in [0.15, 0.2) is 11.2 Å². The van der Waals surface area contributed by atoms with Gasteiger partial charge in [0.25, 0.3) is 5.91 Å². The Bertz CT molecular complexity index is 881. The molecule has 1 aromatic carbocycles. The highest BCUT2D eigenvalue weighted by atomic mass is 32.1. The predicted octanol–water partition coefficient (Wildman–Crippen LogP) is 3.78. The second-order valence-electron chi connectivity index (χ2n) is 5.44. The van der Waals surface area contributed by atoms with Crippen LogP contribution >= 0.6 is 11.3 Å². The van der Waals surface area contributed by atoms with E-state index in [4.69, 9.17) is 4.74 Å². The Morgan fingerprint density at radius 2 is 2.00 bits per heavy atom. The molecule has 0 spiro atoms. The number of nitrogens with zero attached hydrogens (tertiary/aromatic N) is 2. The summed E-state index contributed by atoms with van der Waals surface area (Å²) in [6, 6.07) is 12.9. The lowest BCUT2D eigenvalue weighted by Gasteiger charge is -2.14. The number of thiazole rings is 1. The molecule has 1 N–H and O–H groups in total. The molecule has 0 fully saturated rings. The van der Waals surface area contributed by atoms with E-state index in [2.05, 4.69) is 15.3 Å². The fourth-order valence-corrected chi connectivity index (χ4v) is 2.98. The molecule has 0 radical (unpaired) electrons. The van der Waals surface area contributed by atoms with Gasteiger partial charge in [0.2, 0.25) is 0 Å². The number of aromatic nitrogens is 2. The van der Waals surface area contributed by atoms with E-state index >= 15 is 0 Å². The van der Waals surface area contributed by atoms with E-state index in [-0.39, 0.29) is 0 Å². The van der Waals surface area contributed by atoms with Crippen molar-refractivity contribution >= 4 is 28.3 Å². The number of ether oxygens (including phenoxy) is 1. The van der Waals surface area contributed by atoms with Crippen LogP contribution in [0.5, 0.6) is 0 Å². The summed E-state index contributed by atoms with van der Waals surface area (Å²) < 4.78 is 5.30. The molecule has 2 aromatic heterocycles. The van der Waals surface area contributed by atoms with E-state index in [0.29, 0.717) is 17.1 Å². The topological polar surface area (TPSA) is 81.2 Å². The van der Waals surface area contributed by atoms with Crippen LogP contribution in [0.15, 0.2) is 60.2 Å². The number of anilines is 1. The zero-order valence-electron chi connectivity index (χ0n) is 14.1. The van der Waals surface area contributed by atoms with Crippen LogP contribution in [0.25, 0.3) is 11.3 Å². The van der Waals surface area contributed by atoms with Crippen molar-refractivity contribution in [3.63, 3.8) is 0 Å². The maximum atomic E-state index is 12.4. The van der Waals surface area contributed by atoms with E-state index in [9.17, 15) is 9.59 Å². The number of pyridine rings is 1. The number of benzene rings is 1. The van der Waals surface area contributed by atoms with Crippen molar-refractivity contribution in [1.82, 2.24) is 9.97 Å². The number of nitrogens with one attached hydrogen (secondary N) is 1. The van der Waals surface area contributed by atoms with Crippen molar-refractivity contribution in [1.29, 1.82) is 0 Å². The molecule has 2 heterocycles. The average molecular weight is 367 g/mol. The average Bonchev–Trinajstić information content (AvgIpc) is 3.15. The van der Waals surface area contributed by atoms with Crippen LogP contribution in [-0.2, 0) is 9.53 Å². The summed E-state index contributed by atoms with van der Waals surface area (Å²) in [5, 5.41) is 5.05. The molecule has 3 rings (SSSR count). The second-order valence-corrected chi connectivity index (χ2v) is 6.30. The molecule has 6 nitrogen and oxygen atoms in total. The highest BCUT2D eigenvalue weighted by molar-refractivity contribution is 7.14. The van der Waals surface area contributed by atoms with Gasteiger partial charge in [0, 0.05) is 23.3 Å². The number of carbonyl (C=O) groups excluding carboxylic acids is 2. The fourth-order valence-electron chi connectivity index (χ4n) is 2.26. The van der Waals surface area contributed by atoms with Gasteiger partial charge in [-0.25, -0.2) is 9.78 Å². The summed E-state index contributed by atoms with van der Waals surface area (Å²) in [6.45, 7) is 1.78. The number of carbonyl (C=O) groups is 2. The van der Waals surface area contributed by atoms with Gasteiger partial charge in [0.1, 0.15) is 0 Å². The molecule has 1 unspecified atom stereocenters. The molecule has 0 bridgehead atoms. The summed E-state index contributed by atoms with van der Waals surface area (Å²) in [7, 11) is 0. The first-order valence-electron chi connectivity index (χ1n) is 8.10. The molecule has 26 heavy (non-hydrogen) atoms. The van der Waals surface area contributed by atoms with Gasteiger partial charge in [-0.15, -0.1) is 11.3 Å². The largest absolute Gasteiger partial charge is 0.449 e. The molecule has 0 saturated carbocycles. The van der Waals surface area contributed by atoms with Crippen LogP contribution in [0.4, 0.5) is 5.13 Å². The highest BCUT2D eigenvalue weighted by Gasteiger charge is 2.23. The number of esters is 1. The van der Waals surface area contributed by atoms with Crippen LogP contribution in [0.2, 0.25) is 0 Å². The van der Waals surface area contributed by atoms with Gasteiger partial charge >= 0.3 is 5.97 Å². The minimum atomic E-state index is -0.896. The highest BCUT2D eigenvalue weighted by Crippen LogP contribution is 2.24. The lowest BCUT2D eigenvalue weighted by atomic mass is 10.2. The zero-order chi connectivity index (χ0) is 18.4. The molecule has 132 valence electrons. The molecule has 0 aliphatic carbocycles. The summed E-state index contributed by atoms with van der Waals surface area (Å²) in [6.07, 6.45) is 2.43. The molecular weight excluding hydrogens is 350 g/mol. The summed E-state index contributed by atoms with van der Waals surface area (Å²) in [5.74, 6) is -0.983. The quantitative estimate of drug-likeness (QED) is 0.671. The summed E-state index contributed by atoms with van der Waals surface area (Å²) in [4.78, 5) is 32.8. The lowest BCUT2D eigenvalue weighted by Crippen LogP contribution is -2.32. The molecule has 0 aliphatic rings. The zero-order valence-corrected chi connectivity index (χ0v) is 14.9. The molecule has 1 amide bonds. The minimum absolute atomic E-state index is 0.305. The summed E-state index contributed by atoms with van der Waals surface area (Å²) >= 11 is 1.32. The molecule has 3 aromatic rings. The SMILES string of the molecule is CCC(OC(=O)c1cccnc1)C(=O)Nc1nc(-c2ccccc2)cs1.